The molecule has 1 rings (SSSR count). The Kier molecular flexibility index (Phi) is 9.17. The average molecular weight is 238 g/mol. The first kappa shape index (κ1) is 14.6. The highest BCUT2D eigenvalue weighted by atomic mass is 16.3. The van der Waals surface area contributed by atoms with E-state index in [0.29, 0.717) is 5.76 Å². The van der Waals surface area contributed by atoms with Crippen molar-refractivity contribution in [2.24, 2.45) is 0 Å². The Bertz CT molecular complexity index is 196. The maximum absolute atomic E-state index is 9.68. The molecule has 1 aliphatic carbocycles. The quantitative estimate of drug-likeness (QED) is 0.556. The first-order valence-electron chi connectivity index (χ1n) is 7.77. The Morgan fingerprint density at radius 1 is 0.588 bits per heavy atom. The van der Waals surface area contributed by atoms with Crippen LogP contribution in [0.2, 0.25) is 0 Å². The maximum atomic E-state index is 9.68. The summed E-state index contributed by atoms with van der Waals surface area (Å²) in [7, 11) is 0. The van der Waals surface area contributed by atoms with E-state index in [2.05, 4.69) is 0 Å². The van der Waals surface area contributed by atoms with E-state index in [-0.39, 0.29) is 0 Å². The molecule has 1 aliphatic rings. The van der Waals surface area contributed by atoms with Crippen LogP contribution in [0.1, 0.15) is 89.9 Å². The molecule has 0 aromatic carbocycles. The van der Waals surface area contributed by atoms with Gasteiger partial charge in [0.1, 0.15) is 0 Å². The molecular formula is C16H30O. The smallest absolute Gasteiger partial charge is 0.0882 e. The second-order valence-electron chi connectivity index (χ2n) is 5.48. The van der Waals surface area contributed by atoms with Crippen molar-refractivity contribution in [2.75, 3.05) is 0 Å². The van der Waals surface area contributed by atoms with Crippen LogP contribution in [0.25, 0.3) is 0 Å². The van der Waals surface area contributed by atoms with E-state index in [4.69, 9.17) is 0 Å². The molecule has 0 unspecified atom stereocenters. The molecule has 0 amide bonds. The van der Waals surface area contributed by atoms with Gasteiger partial charge in [0.25, 0.3) is 0 Å². The lowest BCUT2D eigenvalue weighted by Gasteiger charge is -2.05. The van der Waals surface area contributed by atoms with Gasteiger partial charge in [0.05, 0.1) is 5.76 Å². The molecule has 0 aliphatic heterocycles. The third-order valence-electron chi connectivity index (χ3n) is 3.77. The lowest BCUT2D eigenvalue weighted by molar-refractivity contribution is 0.376. The molecule has 0 radical (unpaired) electrons. The van der Waals surface area contributed by atoms with Gasteiger partial charge in [-0.15, -0.1) is 0 Å². The molecule has 0 atom stereocenters. The molecule has 100 valence electrons. The van der Waals surface area contributed by atoms with Gasteiger partial charge in [-0.1, -0.05) is 64.2 Å². The number of rotatable bonds is 0. The Labute approximate surface area is 107 Å². The normalized spacial score (nSPS) is 26.0. The van der Waals surface area contributed by atoms with Gasteiger partial charge in [-0.3, -0.25) is 0 Å². The van der Waals surface area contributed by atoms with Gasteiger partial charge in [0, 0.05) is 6.42 Å². The highest BCUT2D eigenvalue weighted by Gasteiger charge is 1.97. The summed E-state index contributed by atoms with van der Waals surface area (Å²) in [6.45, 7) is 0. The van der Waals surface area contributed by atoms with Gasteiger partial charge < -0.3 is 5.11 Å². The van der Waals surface area contributed by atoms with E-state index in [1.54, 1.807) is 0 Å². The molecule has 1 N–H and O–H groups in total. The molecule has 1 heteroatoms. The van der Waals surface area contributed by atoms with Crippen molar-refractivity contribution in [1.29, 1.82) is 0 Å². The third kappa shape index (κ3) is 9.26. The highest BCUT2D eigenvalue weighted by molar-refractivity contribution is 4.90. The van der Waals surface area contributed by atoms with Gasteiger partial charge in [-0.05, 0) is 25.3 Å². The number of hydrogen-bond donors (Lipinski definition) is 1. The molecule has 0 aromatic rings. The molecule has 0 saturated carbocycles. The van der Waals surface area contributed by atoms with Crippen molar-refractivity contribution in [3.05, 3.63) is 11.8 Å². The van der Waals surface area contributed by atoms with Crippen LogP contribution in [0.4, 0.5) is 0 Å². The Morgan fingerprint density at radius 2 is 1.00 bits per heavy atom. The summed E-state index contributed by atoms with van der Waals surface area (Å²) in [5.41, 5.74) is 0. The molecule has 0 aromatic heterocycles. The minimum Gasteiger partial charge on any atom is -0.513 e. The van der Waals surface area contributed by atoms with E-state index < -0.39 is 0 Å². The molecule has 1 nitrogen and oxygen atoms in total. The summed E-state index contributed by atoms with van der Waals surface area (Å²) < 4.78 is 0. The van der Waals surface area contributed by atoms with Crippen LogP contribution < -0.4 is 0 Å². The number of aliphatic hydroxyl groups is 1. The first-order valence-corrected chi connectivity index (χ1v) is 7.77. The second-order valence-corrected chi connectivity index (χ2v) is 5.48. The van der Waals surface area contributed by atoms with Gasteiger partial charge in [-0.25, -0.2) is 0 Å². The zero-order chi connectivity index (χ0) is 12.2. The van der Waals surface area contributed by atoms with Crippen LogP contribution in [-0.4, -0.2) is 5.11 Å². The van der Waals surface area contributed by atoms with Gasteiger partial charge in [-0.2, -0.15) is 0 Å². The van der Waals surface area contributed by atoms with Crippen LogP contribution in [-0.2, 0) is 0 Å². The van der Waals surface area contributed by atoms with Crippen molar-refractivity contribution in [1.82, 2.24) is 0 Å². The maximum Gasteiger partial charge on any atom is 0.0882 e. The summed E-state index contributed by atoms with van der Waals surface area (Å²) in [5.74, 6) is 0.636. The van der Waals surface area contributed by atoms with Gasteiger partial charge in [0.15, 0.2) is 0 Å². The van der Waals surface area contributed by atoms with Crippen LogP contribution >= 0.6 is 0 Å². The largest absolute Gasteiger partial charge is 0.513 e. The summed E-state index contributed by atoms with van der Waals surface area (Å²) in [4.78, 5) is 0. The SMILES string of the molecule is O/C1=C/CCCCCCCCCCCCCC1. The highest BCUT2D eigenvalue weighted by Crippen LogP contribution is 2.15. The molecular weight excluding hydrogens is 208 g/mol. The first-order chi connectivity index (χ1) is 8.39. The number of hydrogen-bond acceptors (Lipinski definition) is 1. The van der Waals surface area contributed by atoms with Gasteiger partial charge >= 0.3 is 0 Å². The number of allylic oxidation sites excluding steroid dienone is 2. The van der Waals surface area contributed by atoms with Crippen molar-refractivity contribution < 1.29 is 5.11 Å². The van der Waals surface area contributed by atoms with Crippen LogP contribution in [0.15, 0.2) is 11.8 Å². The fourth-order valence-corrected chi connectivity index (χ4v) is 2.59. The molecule has 0 fully saturated rings. The van der Waals surface area contributed by atoms with Crippen molar-refractivity contribution in [3.8, 4) is 0 Å². The van der Waals surface area contributed by atoms with Gasteiger partial charge in [0.2, 0.25) is 0 Å². The number of aliphatic hydroxyl groups excluding tert-OH is 1. The zero-order valence-electron chi connectivity index (χ0n) is 11.4. The predicted molar refractivity (Wildman–Crippen MR) is 75.3 cm³/mol. The summed E-state index contributed by atoms with van der Waals surface area (Å²) >= 11 is 0. The summed E-state index contributed by atoms with van der Waals surface area (Å²) in [6, 6.07) is 0. The molecule has 0 bridgehead atoms. The zero-order valence-corrected chi connectivity index (χ0v) is 11.4. The van der Waals surface area contributed by atoms with E-state index in [1.807, 2.05) is 6.08 Å². The van der Waals surface area contributed by atoms with Crippen LogP contribution in [0.3, 0.4) is 0 Å². The Morgan fingerprint density at radius 3 is 1.53 bits per heavy atom. The molecule has 0 heterocycles. The average Bonchev–Trinajstić information content (AvgIpc) is 2.32. The molecule has 0 saturated heterocycles. The van der Waals surface area contributed by atoms with Crippen LogP contribution in [0.5, 0.6) is 0 Å². The predicted octanol–water partition coefficient (Wildman–Crippen LogP) is 5.90. The Hall–Kier alpha value is -0.460. The van der Waals surface area contributed by atoms with Crippen molar-refractivity contribution >= 4 is 0 Å². The monoisotopic (exact) mass is 238 g/mol. The minimum atomic E-state index is 0.636. The van der Waals surface area contributed by atoms with E-state index in [9.17, 15) is 5.11 Å². The molecule has 17 heavy (non-hydrogen) atoms. The Balaban J connectivity index is 2.18. The fourth-order valence-electron chi connectivity index (χ4n) is 2.59. The van der Waals surface area contributed by atoms with Crippen molar-refractivity contribution in [2.45, 2.75) is 89.9 Å². The topological polar surface area (TPSA) is 20.2 Å². The van der Waals surface area contributed by atoms with Crippen LogP contribution in [0, 0.1) is 0 Å². The van der Waals surface area contributed by atoms with E-state index >= 15 is 0 Å². The minimum absolute atomic E-state index is 0.636. The lowest BCUT2D eigenvalue weighted by atomic mass is 10.0. The second kappa shape index (κ2) is 10.7. The standard InChI is InChI=1S/C16H30O/c17-16-14-12-10-8-6-4-2-1-3-5-7-9-11-13-15-16/h14,17H,1-13,15H2/b16-14+. The van der Waals surface area contributed by atoms with E-state index in [0.717, 1.165) is 12.8 Å². The molecule has 0 spiro atoms. The summed E-state index contributed by atoms with van der Waals surface area (Å²) in [6.07, 6.45) is 20.3. The van der Waals surface area contributed by atoms with Crippen molar-refractivity contribution in [3.63, 3.8) is 0 Å². The summed E-state index contributed by atoms with van der Waals surface area (Å²) in [5, 5.41) is 9.68. The third-order valence-corrected chi connectivity index (χ3v) is 3.77. The lowest BCUT2D eigenvalue weighted by Crippen LogP contribution is -1.87. The van der Waals surface area contributed by atoms with E-state index in [1.165, 1.54) is 77.0 Å². The fraction of sp³-hybridized carbons (Fsp3) is 0.875.